The van der Waals surface area contributed by atoms with Gasteiger partial charge in [0, 0.05) is 0 Å². The molecule has 0 saturated heterocycles. The molecular formula is C10H20N2O3. The van der Waals surface area contributed by atoms with Gasteiger partial charge in [0.2, 0.25) is 5.91 Å². The van der Waals surface area contributed by atoms with Gasteiger partial charge in [0.15, 0.2) is 0 Å². The fourth-order valence-electron chi connectivity index (χ4n) is 1.28. The van der Waals surface area contributed by atoms with Crippen LogP contribution in [0.15, 0.2) is 0 Å². The molecule has 0 aliphatic rings. The highest BCUT2D eigenvalue weighted by Gasteiger charge is 2.18. The van der Waals surface area contributed by atoms with Crippen molar-refractivity contribution in [3.63, 3.8) is 0 Å². The molecular weight excluding hydrogens is 196 g/mol. The molecule has 0 spiro atoms. The molecule has 0 bridgehead atoms. The number of amides is 1. The fourth-order valence-corrected chi connectivity index (χ4v) is 1.28. The van der Waals surface area contributed by atoms with Crippen molar-refractivity contribution in [1.82, 2.24) is 5.32 Å². The summed E-state index contributed by atoms with van der Waals surface area (Å²) in [6, 6.07) is -0.843. The van der Waals surface area contributed by atoms with Gasteiger partial charge >= 0.3 is 5.97 Å². The number of carbonyl (C=O) groups excluding carboxylic acids is 1. The van der Waals surface area contributed by atoms with E-state index in [0.717, 1.165) is 25.7 Å². The zero-order valence-corrected chi connectivity index (χ0v) is 9.16. The largest absolute Gasteiger partial charge is 0.480 e. The van der Waals surface area contributed by atoms with E-state index in [0.29, 0.717) is 6.54 Å². The van der Waals surface area contributed by atoms with Crippen LogP contribution in [0.1, 0.15) is 39.0 Å². The van der Waals surface area contributed by atoms with E-state index in [1.807, 2.05) is 0 Å². The van der Waals surface area contributed by atoms with Gasteiger partial charge in [0.1, 0.15) is 6.04 Å². The zero-order valence-electron chi connectivity index (χ0n) is 9.16. The number of primary amides is 1. The number of unbranched alkanes of at least 4 members (excludes halogenated alkanes) is 3. The van der Waals surface area contributed by atoms with Crippen LogP contribution in [0.4, 0.5) is 0 Å². The van der Waals surface area contributed by atoms with E-state index in [1.54, 1.807) is 0 Å². The second-order valence-corrected chi connectivity index (χ2v) is 3.58. The summed E-state index contributed by atoms with van der Waals surface area (Å²) in [5, 5.41) is 11.6. The van der Waals surface area contributed by atoms with Crippen LogP contribution in [0, 0.1) is 0 Å². The summed E-state index contributed by atoms with van der Waals surface area (Å²) in [4.78, 5) is 21.3. The van der Waals surface area contributed by atoms with Crippen LogP contribution in [0.3, 0.4) is 0 Å². The minimum atomic E-state index is -1.02. The third-order valence-electron chi connectivity index (χ3n) is 2.12. The number of nitrogens with two attached hydrogens (primary N) is 1. The molecule has 0 aliphatic carbocycles. The molecule has 0 aromatic heterocycles. The van der Waals surface area contributed by atoms with E-state index in [-0.39, 0.29) is 6.42 Å². The van der Waals surface area contributed by atoms with Gasteiger partial charge in [0.05, 0.1) is 6.42 Å². The number of hydrogen-bond acceptors (Lipinski definition) is 3. The first kappa shape index (κ1) is 13.9. The quantitative estimate of drug-likeness (QED) is 0.489. The Hall–Kier alpha value is -1.10. The van der Waals surface area contributed by atoms with Crippen molar-refractivity contribution in [1.29, 1.82) is 0 Å². The molecule has 1 amide bonds. The van der Waals surface area contributed by atoms with Crippen molar-refractivity contribution in [3.8, 4) is 0 Å². The average molecular weight is 216 g/mol. The smallest absolute Gasteiger partial charge is 0.321 e. The Bertz CT molecular complexity index is 207. The molecule has 4 N–H and O–H groups in total. The van der Waals surface area contributed by atoms with Crippen LogP contribution in [0.2, 0.25) is 0 Å². The fraction of sp³-hybridized carbons (Fsp3) is 0.800. The van der Waals surface area contributed by atoms with Crippen LogP contribution >= 0.6 is 0 Å². The molecule has 0 fully saturated rings. The van der Waals surface area contributed by atoms with Crippen LogP contribution in [-0.4, -0.2) is 29.6 Å². The highest BCUT2D eigenvalue weighted by Crippen LogP contribution is 1.98. The Balaban J connectivity index is 3.67. The first-order valence-electron chi connectivity index (χ1n) is 5.32. The van der Waals surface area contributed by atoms with Crippen molar-refractivity contribution in [2.45, 2.75) is 45.1 Å². The second kappa shape index (κ2) is 8.23. The third-order valence-corrected chi connectivity index (χ3v) is 2.12. The molecule has 15 heavy (non-hydrogen) atoms. The van der Waals surface area contributed by atoms with Gasteiger partial charge in [-0.25, -0.2) is 0 Å². The maximum absolute atomic E-state index is 10.7. The molecule has 1 atom stereocenters. The van der Waals surface area contributed by atoms with Crippen LogP contribution in [-0.2, 0) is 9.59 Å². The Morgan fingerprint density at radius 1 is 1.33 bits per heavy atom. The summed E-state index contributed by atoms with van der Waals surface area (Å²) < 4.78 is 0. The van der Waals surface area contributed by atoms with Gasteiger partial charge in [-0.15, -0.1) is 0 Å². The van der Waals surface area contributed by atoms with Crippen LogP contribution in [0.25, 0.3) is 0 Å². The van der Waals surface area contributed by atoms with Crippen molar-refractivity contribution in [2.75, 3.05) is 6.54 Å². The lowest BCUT2D eigenvalue weighted by atomic mass is 10.1. The topological polar surface area (TPSA) is 92.4 Å². The third kappa shape index (κ3) is 7.93. The van der Waals surface area contributed by atoms with E-state index >= 15 is 0 Å². The highest BCUT2D eigenvalue weighted by atomic mass is 16.4. The van der Waals surface area contributed by atoms with Crippen molar-refractivity contribution >= 4 is 11.9 Å². The minimum Gasteiger partial charge on any atom is -0.480 e. The predicted octanol–water partition coefficient (Wildman–Crippen LogP) is 0.485. The lowest BCUT2D eigenvalue weighted by Crippen LogP contribution is -2.40. The van der Waals surface area contributed by atoms with E-state index in [2.05, 4.69) is 12.2 Å². The van der Waals surface area contributed by atoms with Gasteiger partial charge in [-0.1, -0.05) is 26.2 Å². The maximum Gasteiger partial charge on any atom is 0.321 e. The molecule has 0 radical (unpaired) electrons. The summed E-state index contributed by atoms with van der Waals surface area (Å²) in [7, 11) is 0. The summed E-state index contributed by atoms with van der Waals surface area (Å²) in [5.41, 5.74) is 4.94. The Labute approximate surface area is 90.0 Å². The Morgan fingerprint density at radius 2 is 2.00 bits per heavy atom. The normalized spacial score (nSPS) is 12.3. The number of rotatable bonds is 9. The molecule has 0 aromatic carbocycles. The highest BCUT2D eigenvalue weighted by molar-refractivity contribution is 5.83. The molecule has 0 rings (SSSR count). The van der Waals surface area contributed by atoms with E-state index in [9.17, 15) is 9.59 Å². The standard InChI is InChI=1S/C10H20N2O3/c1-2-3-4-5-6-12-8(10(14)15)7-9(11)13/h8,12H,2-7H2,1H3,(H2,11,13)(H,14,15). The molecule has 0 aliphatic heterocycles. The molecule has 1 unspecified atom stereocenters. The summed E-state index contributed by atoms with van der Waals surface area (Å²) in [5.74, 6) is -1.62. The van der Waals surface area contributed by atoms with E-state index in [1.165, 1.54) is 0 Å². The number of carbonyl (C=O) groups is 2. The van der Waals surface area contributed by atoms with Crippen LogP contribution < -0.4 is 11.1 Å². The van der Waals surface area contributed by atoms with Crippen molar-refractivity contribution in [2.24, 2.45) is 5.73 Å². The molecule has 88 valence electrons. The number of nitrogens with one attached hydrogen (secondary N) is 1. The van der Waals surface area contributed by atoms with Gasteiger partial charge in [0.25, 0.3) is 0 Å². The number of aliphatic carboxylic acids is 1. The minimum absolute atomic E-state index is 0.150. The molecule has 0 aromatic rings. The summed E-state index contributed by atoms with van der Waals surface area (Å²) >= 11 is 0. The van der Waals surface area contributed by atoms with E-state index < -0.39 is 17.9 Å². The zero-order chi connectivity index (χ0) is 11.7. The SMILES string of the molecule is CCCCCCNC(CC(N)=O)C(=O)O. The maximum atomic E-state index is 10.7. The molecule has 0 saturated carbocycles. The first-order valence-corrected chi connectivity index (χ1v) is 5.32. The van der Waals surface area contributed by atoms with Gasteiger partial charge in [-0.2, -0.15) is 0 Å². The Morgan fingerprint density at radius 3 is 2.47 bits per heavy atom. The molecule has 5 heteroatoms. The van der Waals surface area contributed by atoms with Gasteiger partial charge in [-0.3, -0.25) is 9.59 Å². The number of carboxylic acid groups (broad SMARTS) is 1. The lowest BCUT2D eigenvalue weighted by molar-refractivity contribution is -0.141. The Kier molecular flexibility index (Phi) is 7.62. The molecule has 0 heterocycles. The van der Waals surface area contributed by atoms with Gasteiger partial charge in [-0.05, 0) is 13.0 Å². The number of carboxylic acids is 1. The van der Waals surface area contributed by atoms with Crippen molar-refractivity contribution in [3.05, 3.63) is 0 Å². The molecule has 5 nitrogen and oxygen atoms in total. The van der Waals surface area contributed by atoms with Gasteiger partial charge < -0.3 is 16.2 Å². The average Bonchev–Trinajstić information content (AvgIpc) is 2.15. The second-order valence-electron chi connectivity index (χ2n) is 3.58. The first-order chi connectivity index (χ1) is 7.07. The van der Waals surface area contributed by atoms with E-state index in [4.69, 9.17) is 10.8 Å². The lowest BCUT2D eigenvalue weighted by Gasteiger charge is -2.12. The summed E-state index contributed by atoms with van der Waals surface area (Å²) in [6.45, 7) is 2.73. The van der Waals surface area contributed by atoms with Crippen LogP contribution in [0.5, 0.6) is 0 Å². The predicted molar refractivity (Wildman–Crippen MR) is 57.4 cm³/mol. The monoisotopic (exact) mass is 216 g/mol. The number of hydrogen-bond donors (Lipinski definition) is 3. The summed E-state index contributed by atoms with van der Waals surface area (Å²) in [6.07, 6.45) is 4.14. The van der Waals surface area contributed by atoms with Crippen molar-refractivity contribution < 1.29 is 14.7 Å².